The van der Waals surface area contributed by atoms with Crippen LogP contribution < -0.4 is 5.32 Å². The van der Waals surface area contributed by atoms with E-state index in [9.17, 15) is 14.9 Å². The largest absolute Gasteiger partial charge is 0.322 e. The third-order valence-electron chi connectivity index (χ3n) is 4.06. The zero-order chi connectivity index (χ0) is 14.3. The minimum atomic E-state index is -0.475. The summed E-state index contributed by atoms with van der Waals surface area (Å²) in [5.74, 6) is 0.630. The summed E-state index contributed by atoms with van der Waals surface area (Å²) in [6.07, 6.45) is 3.37. The van der Waals surface area contributed by atoms with Crippen molar-refractivity contribution in [3.05, 3.63) is 32.8 Å². The number of fused-ring (bicyclic) bond motifs is 2. The first-order valence-corrected chi connectivity index (χ1v) is 7.35. The van der Waals surface area contributed by atoms with E-state index in [1.54, 1.807) is 12.1 Å². The highest BCUT2D eigenvalue weighted by Crippen LogP contribution is 2.37. The number of nitrogens with one attached hydrogen (secondary N) is 1. The zero-order valence-electron chi connectivity index (χ0n) is 10.7. The number of hydrogen-bond donors (Lipinski definition) is 1. The summed E-state index contributed by atoms with van der Waals surface area (Å²) in [4.78, 5) is 24.5. The molecule has 1 aliphatic heterocycles. The first kappa shape index (κ1) is 13.4. The van der Waals surface area contributed by atoms with Gasteiger partial charge in [-0.2, -0.15) is 0 Å². The minimum absolute atomic E-state index is 0.0502. The second-order valence-electron chi connectivity index (χ2n) is 5.34. The summed E-state index contributed by atoms with van der Waals surface area (Å²) in [6, 6.07) is 4.78. The second-order valence-corrected chi connectivity index (χ2v) is 6.19. The molecule has 1 aromatic carbocycles. The molecule has 0 spiro atoms. The summed E-state index contributed by atoms with van der Waals surface area (Å²) in [6.45, 7) is 0.801. The quantitative estimate of drug-likeness (QED) is 0.662. The molecule has 1 heterocycles. The Labute approximate surface area is 124 Å². The van der Waals surface area contributed by atoms with Crippen LogP contribution in [0, 0.1) is 16.0 Å². The van der Waals surface area contributed by atoms with Crippen molar-refractivity contribution in [2.24, 2.45) is 5.92 Å². The summed E-state index contributed by atoms with van der Waals surface area (Å²) >= 11 is 3.13. The third kappa shape index (κ3) is 2.37. The van der Waals surface area contributed by atoms with Gasteiger partial charge in [0.15, 0.2) is 0 Å². The Bertz CT molecular complexity index is 578. The summed E-state index contributed by atoms with van der Waals surface area (Å²) < 4.78 is 0.403. The fraction of sp³-hybridized carbons (Fsp3) is 0.462. The molecule has 106 valence electrons. The Morgan fingerprint density at radius 2 is 2.25 bits per heavy atom. The van der Waals surface area contributed by atoms with Crippen molar-refractivity contribution >= 4 is 33.3 Å². The molecule has 20 heavy (non-hydrogen) atoms. The average molecular weight is 340 g/mol. The van der Waals surface area contributed by atoms with Crippen molar-refractivity contribution in [2.45, 2.75) is 25.3 Å². The molecule has 1 N–H and O–H groups in total. The van der Waals surface area contributed by atoms with Gasteiger partial charge in [-0.25, -0.2) is 4.79 Å². The number of nitro groups is 1. The smallest absolute Gasteiger partial charge is 0.321 e. The molecule has 2 bridgehead atoms. The number of rotatable bonds is 2. The van der Waals surface area contributed by atoms with Crippen molar-refractivity contribution in [1.82, 2.24) is 4.90 Å². The number of carbonyl (C=O) groups is 1. The number of carbonyl (C=O) groups excluding carboxylic acids is 1. The van der Waals surface area contributed by atoms with E-state index in [1.807, 2.05) is 4.90 Å². The van der Waals surface area contributed by atoms with Crippen molar-refractivity contribution in [1.29, 1.82) is 0 Å². The standard InChI is InChI=1S/C13H14BrN3O3/c14-11-4-2-9(6-12(11)17(19)20)15-13(18)16-7-8-1-3-10(16)5-8/h2,4,6,8,10H,1,3,5,7H2,(H,15,18)/t8-,10+/m1/s1. The van der Waals surface area contributed by atoms with Gasteiger partial charge in [0.25, 0.3) is 5.69 Å². The van der Waals surface area contributed by atoms with Gasteiger partial charge in [0.1, 0.15) is 0 Å². The van der Waals surface area contributed by atoms with Gasteiger partial charge in [-0.3, -0.25) is 10.1 Å². The number of urea groups is 1. The number of nitro benzene ring substituents is 1. The van der Waals surface area contributed by atoms with E-state index >= 15 is 0 Å². The first-order chi connectivity index (χ1) is 9.54. The lowest BCUT2D eigenvalue weighted by Gasteiger charge is -2.27. The molecule has 1 saturated heterocycles. The van der Waals surface area contributed by atoms with E-state index in [0.29, 0.717) is 22.1 Å². The predicted octanol–water partition coefficient (Wildman–Crippen LogP) is 3.37. The van der Waals surface area contributed by atoms with Gasteiger partial charge in [0.05, 0.1) is 9.40 Å². The van der Waals surface area contributed by atoms with Gasteiger partial charge >= 0.3 is 6.03 Å². The highest BCUT2D eigenvalue weighted by molar-refractivity contribution is 9.10. The third-order valence-corrected chi connectivity index (χ3v) is 4.73. The number of piperidine rings is 1. The van der Waals surface area contributed by atoms with Gasteiger partial charge in [-0.05, 0) is 53.2 Å². The molecule has 2 aliphatic rings. The molecule has 1 saturated carbocycles. The van der Waals surface area contributed by atoms with Crippen molar-refractivity contribution < 1.29 is 9.72 Å². The fourth-order valence-corrected chi connectivity index (χ4v) is 3.49. The SMILES string of the molecule is O=C(Nc1ccc(Br)c([N+](=O)[O-])c1)N1C[C@@H]2CC[C@H]1C2. The minimum Gasteiger partial charge on any atom is -0.321 e. The molecule has 3 rings (SSSR count). The molecule has 2 fully saturated rings. The zero-order valence-corrected chi connectivity index (χ0v) is 12.3. The van der Waals surface area contributed by atoms with Crippen LogP contribution in [0.2, 0.25) is 0 Å². The topological polar surface area (TPSA) is 75.5 Å². The van der Waals surface area contributed by atoms with Crippen LogP contribution in [-0.4, -0.2) is 28.4 Å². The first-order valence-electron chi connectivity index (χ1n) is 6.56. The molecule has 7 heteroatoms. The average Bonchev–Trinajstić information content (AvgIpc) is 3.03. The van der Waals surface area contributed by atoms with Gasteiger partial charge < -0.3 is 10.2 Å². The molecule has 0 radical (unpaired) electrons. The van der Waals surface area contributed by atoms with E-state index in [-0.39, 0.29) is 11.7 Å². The monoisotopic (exact) mass is 339 g/mol. The molecule has 1 aromatic rings. The van der Waals surface area contributed by atoms with Gasteiger partial charge in [-0.1, -0.05) is 0 Å². The number of anilines is 1. The van der Waals surface area contributed by atoms with E-state index < -0.39 is 4.92 Å². The molecule has 6 nitrogen and oxygen atoms in total. The highest BCUT2D eigenvalue weighted by Gasteiger charge is 2.40. The number of likely N-dealkylation sites (tertiary alicyclic amines) is 1. The van der Waals surface area contributed by atoms with Crippen LogP contribution in [0.5, 0.6) is 0 Å². The second kappa shape index (κ2) is 5.05. The molecule has 2 amide bonds. The maximum Gasteiger partial charge on any atom is 0.322 e. The summed E-state index contributed by atoms with van der Waals surface area (Å²) in [5.41, 5.74) is 0.401. The fourth-order valence-electron chi connectivity index (χ4n) is 3.10. The summed E-state index contributed by atoms with van der Waals surface area (Å²) in [7, 11) is 0. The molecular formula is C13H14BrN3O3. The Balaban J connectivity index is 1.73. The van der Waals surface area contributed by atoms with Crippen LogP contribution in [-0.2, 0) is 0 Å². The lowest BCUT2D eigenvalue weighted by molar-refractivity contribution is -0.385. The number of halogens is 1. The Morgan fingerprint density at radius 3 is 2.85 bits per heavy atom. The van der Waals surface area contributed by atoms with E-state index in [4.69, 9.17) is 0 Å². The Kier molecular flexibility index (Phi) is 3.37. The van der Waals surface area contributed by atoms with Gasteiger partial charge in [0, 0.05) is 24.3 Å². The van der Waals surface area contributed by atoms with Crippen molar-refractivity contribution in [2.75, 3.05) is 11.9 Å². The van der Waals surface area contributed by atoms with Gasteiger partial charge in [0.2, 0.25) is 0 Å². The molecule has 0 unspecified atom stereocenters. The maximum atomic E-state index is 12.2. The van der Waals surface area contributed by atoms with Crippen LogP contribution in [0.3, 0.4) is 0 Å². The number of benzene rings is 1. The molecular weight excluding hydrogens is 326 g/mol. The maximum absolute atomic E-state index is 12.2. The van der Waals surface area contributed by atoms with Crippen molar-refractivity contribution in [3.63, 3.8) is 0 Å². The molecule has 0 aromatic heterocycles. The van der Waals surface area contributed by atoms with Crippen LogP contribution in [0.15, 0.2) is 22.7 Å². The van der Waals surface area contributed by atoms with Crippen molar-refractivity contribution in [3.8, 4) is 0 Å². The van der Waals surface area contributed by atoms with Gasteiger partial charge in [-0.15, -0.1) is 0 Å². The Hall–Kier alpha value is -1.63. The van der Waals surface area contributed by atoms with Crippen LogP contribution in [0.1, 0.15) is 19.3 Å². The lowest BCUT2D eigenvalue weighted by Crippen LogP contribution is -2.40. The summed E-state index contributed by atoms with van der Waals surface area (Å²) in [5, 5.41) is 13.6. The van der Waals surface area contributed by atoms with Crippen LogP contribution in [0.4, 0.5) is 16.2 Å². The lowest BCUT2D eigenvalue weighted by atomic mass is 10.1. The molecule has 1 aliphatic carbocycles. The van der Waals surface area contributed by atoms with E-state index in [1.165, 1.54) is 12.5 Å². The van der Waals surface area contributed by atoms with E-state index in [0.717, 1.165) is 19.4 Å². The van der Waals surface area contributed by atoms with Crippen LogP contribution >= 0.6 is 15.9 Å². The predicted molar refractivity (Wildman–Crippen MR) is 77.7 cm³/mol. The number of hydrogen-bond acceptors (Lipinski definition) is 3. The Morgan fingerprint density at radius 1 is 1.45 bits per heavy atom. The molecule has 2 atom stereocenters. The normalized spacial score (nSPS) is 23.9. The van der Waals surface area contributed by atoms with E-state index in [2.05, 4.69) is 21.2 Å². The van der Waals surface area contributed by atoms with Crippen LogP contribution in [0.25, 0.3) is 0 Å². The number of nitrogens with zero attached hydrogens (tertiary/aromatic N) is 2. The number of amides is 2. The highest BCUT2D eigenvalue weighted by atomic mass is 79.9.